The monoisotopic (exact) mass is 376 g/mol. The number of carbonyl (C=O) groups excluding carboxylic acids is 1. The minimum absolute atomic E-state index is 0.522. The summed E-state index contributed by atoms with van der Waals surface area (Å²) in [6.45, 7) is 5.29. The van der Waals surface area contributed by atoms with Gasteiger partial charge in [-0.15, -0.1) is 0 Å². The van der Waals surface area contributed by atoms with Gasteiger partial charge in [0.2, 0.25) is 0 Å². The lowest BCUT2D eigenvalue weighted by atomic mass is 9.87. The van der Waals surface area contributed by atoms with Gasteiger partial charge in [-0.05, 0) is 40.1 Å². The molecule has 0 unspecified atom stereocenters. The summed E-state index contributed by atoms with van der Waals surface area (Å²) in [5, 5.41) is 14.3. The van der Waals surface area contributed by atoms with Gasteiger partial charge in [0.25, 0.3) is 0 Å². The maximum Gasteiger partial charge on any atom is 0.326 e. The number of benzene rings is 1. The van der Waals surface area contributed by atoms with Crippen LogP contribution in [0.1, 0.15) is 20.8 Å². The topological polar surface area (TPSA) is 78.4 Å². The number of amides is 2. The molecule has 0 heterocycles. The van der Waals surface area contributed by atoms with Crippen LogP contribution in [0, 0.1) is 8.99 Å². The number of rotatable bonds is 3. The summed E-state index contributed by atoms with van der Waals surface area (Å²) in [4.78, 5) is 23.0. The molecule has 2 amide bonds. The van der Waals surface area contributed by atoms with Crippen LogP contribution in [0.15, 0.2) is 24.3 Å². The third-order valence-corrected chi connectivity index (χ3v) is 3.45. The highest BCUT2D eigenvalue weighted by Gasteiger charge is 2.32. The molecule has 1 aromatic rings. The van der Waals surface area contributed by atoms with E-state index in [2.05, 4.69) is 33.2 Å². The molecule has 1 atom stereocenters. The molecule has 1 rings (SSSR count). The zero-order valence-electron chi connectivity index (χ0n) is 11.0. The van der Waals surface area contributed by atoms with Crippen molar-refractivity contribution in [2.24, 2.45) is 5.41 Å². The van der Waals surface area contributed by atoms with Crippen LogP contribution in [0.4, 0.5) is 10.5 Å². The first-order valence-electron chi connectivity index (χ1n) is 5.76. The number of aliphatic carboxylic acids is 1. The fourth-order valence-electron chi connectivity index (χ4n) is 1.50. The third-order valence-electron chi connectivity index (χ3n) is 2.51. The van der Waals surface area contributed by atoms with Crippen molar-refractivity contribution in [3.05, 3.63) is 27.8 Å². The summed E-state index contributed by atoms with van der Waals surface area (Å²) < 4.78 is 0.887. The van der Waals surface area contributed by atoms with Crippen LogP contribution < -0.4 is 10.6 Å². The Labute approximate surface area is 125 Å². The summed E-state index contributed by atoms with van der Waals surface area (Å²) in [7, 11) is 0. The smallest absolute Gasteiger partial charge is 0.326 e. The number of hydrogen-bond donors (Lipinski definition) is 3. The quantitative estimate of drug-likeness (QED) is 0.710. The highest BCUT2D eigenvalue weighted by Crippen LogP contribution is 2.20. The van der Waals surface area contributed by atoms with Gasteiger partial charge in [0.15, 0.2) is 0 Å². The van der Waals surface area contributed by atoms with E-state index >= 15 is 0 Å². The fourth-order valence-corrected chi connectivity index (χ4v) is 2.02. The molecule has 104 valence electrons. The minimum atomic E-state index is -1.05. The van der Waals surface area contributed by atoms with Crippen LogP contribution in [0.2, 0.25) is 0 Å². The molecule has 0 aromatic heterocycles. The number of anilines is 1. The highest BCUT2D eigenvalue weighted by molar-refractivity contribution is 14.1. The molecule has 0 saturated carbocycles. The standard InChI is InChI=1S/C13H17IN2O3/c1-13(2,3)10(11(17)18)16-12(19)15-9-7-5-4-6-8(9)14/h4-7,10H,1-3H3,(H,17,18)(H2,15,16,19)/t10-/m0/s1. The van der Waals surface area contributed by atoms with E-state index in [4.69, 9.17) is 5.11 Å². The Bertz CT molecular complexity index is 483. The average Bonchev–Trinajstić information content (AvgIpc) is 2.27. The first-order valence-corrected chi connectivity index (χ1v) is 6.84. The lowest BCUT2D eigenvalue weighted by Crippen LogP contribution is -2.50. The Morgan fingerprint density at radius 2 is 1.84 bits per heavy atom. The molecular formula is C13H17IN2O3. The minimum Gasteiger partial charge on any atom is -0.480 e. The van der Waals surface area contributed by atoms with E-state index in [1.54, 1.807) is 32.9 Å². The molecule has 0 spiro atoms. The zero-order valence-corrected chi connectivity index (χ0v) is 13.2. The summed E-state index contributed by atoms with van der Waals surface area (Å²) >= 11 is 2.10. The van der Waals surface area contributed by atoms with Gasteiger partial charge in [0, 0.05) is 3.57 Å². The van der Waals surface area contributed by atoms with Crippen molar-refractivity contribution in [3.8, 4) is 0 Å². The largest absolute Gasteiger partial charge is 0.480 e. The molecule has 0 aliphatic carbocycles. The third kappa shape index (κ3) is 4.70. The predicted octanol–water partition coefficient (Wildman–Crippen LogP) is 2.91. The summed E-state index contributed by atoms with van der Waals surface area (Å²) in [6.07, 6.45) is 0. The molecule has 0 bridgehead atoms. The normalized spacial score (nSPS) is 12.6. The van der Waals surface area contributed by atoms with Crippen molar-refractivity contribution >= 4 is 40.3 Å². The number of nitrogens with one attached hydrogen (secondary N) is 2. The van der Waals surface area contributed by atoms with Crippen molar-refractivity contribution in [2.45, 2.75) is 26.8 Å². The van der Waals surface area contributed by atoms with E-state index in [1.165, 1.54) is 0 Å². The molecule has 3 N–H and O–H groups in total. The Balaban J connectivity index is 2.75. The first-order chi connectivity index (χ1) is 8.71. The highest BCUT2D eigenvalue weighted by atomic mass is 127. The van der Waals surface area contributed by atoms with Gasteiger partial charge in [-0.25, -0.2) is 9.59 Å². The molecule has 0 aliphatic rings. The fraction of sp³-hybridized carbons (Fsp3) is 0.385. The second kappa shape index (κ2) is 6.23. The Hall–Kier alpha value is -1.31. The molecule has 0 radical (unpaired) electrons. The van der Waals surface area contributed by atoms with E-state index in [1.807, 2.05) is 12.1 Å². The van der Waals surface area contributed by atoms with E-state index in [0.29, 0.717) is 5.69 Å². The molecule has 19 heavy (non-hydrogen) atoms. The first kappa shape index (κ1) is 15.7. The van der Waals surface area contributed by atoms with Crippen molar-refractivity contribution < 1.29 is 14.7 Å². The Kier molecular flexibility index (Phi) is 5.16. The number of carboxylic acid groups (broad SMARTS) is 1. The van der Waals surface area contributed by atoms with Gasteiger partial charge in [-0.3, -0.25) is 0 Å². The lowest BCUT2D eigenvalue weighted by Gasteiger charge is -2.27. The van der Waals surface area contributed by atoms with Gasteiger partial charge in [-0.1, -0.05) is 32.9 Å². The molecule has 0 fully saturated rings. The van der Waals surface area contributed by atoms with Gasteiger partial charge in [0.1, 0.15) is 6.04 Å². The van der Waals surface area contributed by atoms with Crippen LogP contribution in [-0.4, -0.2) is 23.1 Å². The Morgan fingerprint density at radius 3 is 2.32 bits per heavy atom. The summed E-state index contributed by atoms with van der Waals surface area (Å²) in [5.74, 6) is -1.05. The number of carboxylic acids is 1. The van der Waals surface area contributed by atoms with Crippen LogP contribution in [0.3, 0.4) is 0 Å². The molecule has 0 saturated heterocycles. The second-order valence-electron chi connectivity index (χ2n) is 5.22. The van der Waals surface area contributed by atoms with Crippen LogP contribution in [-0.2, 0) is 4.79 Å². The number of urea groups is 1. The number of hydrogen-bond acceptors (Lipinski definition) is 2. The van der Waals surface area contributed by atoms with Gasteiger partial charge >= 0.3 is 12.0 Å². The average molecular weight is 376 g/mol. The van der Waals surface area contributed by atoms with Crippen molar-refractivity contribution in [1.82, 2.24) is 5.32 Å². The van der Waals surface area contributed by atoms with Crippen LogP contribution >= 0.6 is 22.6 Å². The number of para-hydroxylation sites is 1. The molecule has 5 nitrogen and oxygen atoms in total. The second-order valence-corrected chi connectivity index (χ2v) is 6.38. The number of carbonyl (C=O) groups is 2. The van der Waals surface area contributed by atoms with Crippen LogP contribution in [0.25, 0.3) is 0 Å². The van der Waals surface area contributed by atoms with E-state index in [0.717, 1.165) is 3.57 Å². The van der Waals surface area contributed by atoms with Crippen molar-refractivity contribution in [3.63, 3.8) is 0 Å². The van der Waals surface area contributed by atoms with Gasteiger partial charge < -0.3 is 15.7 Å². The van der Waals surface area contributed by atoms with E-state index in [-0.39, 0.29) is 0 Å². The zero-order chi connectivity index (χ0) is 14.6. The van der Waals surface area contributed by atoms with E-state index in [9.17, 15) is 9.59 Å². The lowest BCUT2D eigenvalue weighted by molar-refractivity contribution is -0.141. The maximum absolute atomic E-state index is 11.8. The molecule has 6 heteroatoms. The van der Waals surface area contributed by atoms with Crippen LogP contribution in [0.5, 0.6) is 0 Å². The van der Waals surface area contributed by atoms with Gasteiger partial charge in [0.05, 0.1) is 5.69 Å². The molecular weight excluding hydrogens is 359 g/mol. The molecule has 0 aliphatic heterocycles. The predicted molar refractivity (Wildman–Crippen MR) is 82.2 cm³/mol. The SMILES string of the molecule is CC(C)(C)[C@@H](NC(=O)Nc1ccccc1I)C(=O)O. The Morgan fingerprint density at radius 1 is 1.26 bits per heavy atom. The summed E-state index contributed by atoms with van der Waals surface area (Å²) in [6, 6.07) is 5.80. The van der Waals surface area contributed by atoms with Crippen molar-refractivity contribution in [2.75, 3.05) is 5.32 Å². The maximum atomic E-state index is 11.8. The summed E-state index contributed by atoms with van der Waals surface area (Å²) in [5.41, 5.74) is 0.0890. The van der Waals surface area contributed by atoms with Gasteiger partial charge in [-0.2, -0.15) is 0 Å². The van der Waals surface area contributed by atoms with E-state index < -0.39 is 23.5 Å². The number of halogens is 1. The van der Waals surface area contributed by atoms with Crippen molar-refractivity contribution in [1.29, 1.82) is 0 Å². The molecule has 1 aromatic carbocycles.